The molecule has 0 aromatic carbocycles. The van der Waals surface area contributed by atoms with E-state index in [1.807, 2.05) is 11.3 Å². The molecule has 1 fully saturated rings. The van der Waals surface area contributed by atoms with E-state index in [2.05, 4.69) is 42.6 Å². The van der Waals surface area contributed by atoms with E-state index in [-0.39, 0.29) is 0 Å². The fraction of sp³-hybridized carbons (Fsp3) is 0.667. The standard InChI is InChI=1S/C12H20N2S2/c1-9-6-14(7-10(2)15-9)8-12-4-3-11(5-13)16-12/h3-4,9-10H,5-8,13H2,1-2H3. The predicted molar refractivity (Wildman–Crippen MR) is 74.0 cm³/mol. The van der Waals surface area contributed by atoms with E-state index in [1.54, 1.807) is 0 Å². The van der Waals surface area contributed by atoms with E-state index < -0.39 is 0 Å². The Hall–Kier alpha value is -0.0300. The highest BCUT2D eigenvalue weighted by Crippen LogP contribution is 2.27. The molecule has 0 radical (unpaired) electrons. The van der Waals surface area contributed by atoms with E-state index in [0.29, 0.717) is 6.54 Å². The lowest BCUT2D eigenvalue weighted by molar-refractivity contribution is 0.265. The molecule has 2 unspecified atom stereocenters. The molecule has 2 nitrogen and oxygen atoms in total. The molecule has 0 bridgehead atoms. The van der Waals surface area contributed by atoms with Crippen molar-refractivity contribution in [3.8, 4) is 0 Å². The Morgan fingerprint density at radius 3 is 2.44 bits per heavy atom. The first-order valence-electron chi connectivity index (χ1n) is 5.83. The molecule has 16 heavy (non-hydrogen) atoms. The van der Waals surface area contributed by atoms with Gasteiger partial charge >= 0.3 is 0 Å². The minimum atomic E-state index is 0.674. The lowest BCUT2D eigenvalue weighted by Crippen LogP contribution is -2.39. The van der Waals surface area contributed by atoms with Crippen LogP contribution < -0.4 is 5.73 Å². The molecular formula is C12H20N2S2. The molecule has 90 valence electrons. The van der Waals surface area contributed by atoms with Crippen molar-refractivity contribution >= 4 is 23.1 Å². The largest absolute Gasteiger partial charge is 0.326 e. The van der Waals surface area contributed by atoms with Crippen LogP contribution in [0.1, 0.15) is 23.6 Å². The van der Waals surface area contributed by atoms with Gasteiger partial charge in [-0.1, -0.05) is 13.8 Å². The molecule has 2 atom stereocenters. The normalized spacial score (nSPS) is 27.2. The summed E-state index contributed by atoms with van der Waals surface area (Å²) in [6.07, 6.45) is 0. The van der Waals surface area contributed by atoms with Gasteiger partial charge in [0, 0.05) is 46.4 Å². The molecule has 0 aliphatic carbocycles. The predicted octanol–water partition coefficient (Wildman–Crippen LogP) is 2.53. The van der Waals surface area contributed by atoms with Gasteiger partial charge in [0.15, 0.2) is 0 Å². The molecule has 1 aromatic heterocycles. The molecule has 2 heterocycles. The number of rotatable bonds is 3. The Morgan fingerprint density at radius 2 is 1.88 bits per heavy atom. The Morgan fingerprint density at radius 1 is 1.25 bits per heavy atom. The van der Waals surface area contributed by atoms with Crippen molar-refractivity contribution in [3.05, 3.63) is 21.9 Å². The van der Waals surface area contributed by atoms with Gasteiger partial charge in [-0.3, -0.25) is 4.90 Å². The molecule has 1 saturated heterocycles. The Balaban J connectivity index is 1.93. The van der Waals surface area contributed by atoms with Gasteiger partial charge in [0.25, 0.3) is 0 Å². The number of hydrogen-bond donors (Lipinski definition) is 1. The lowest BCUT2D eigenvalue weighted by Gasteiger charge is -2.34. The van der Waals surface area contributed by atoms with E-state index >= 15 is 0 Å². The Labute approximate surface area is 106 Å². The van der Waals surface area contributed by atoms with E-state index in [9.17, 15) is 0 Å². The Kier molecular flexibility index (Phi) is 4.30. The van der Waals surface area contributed by atoms with Gasteiger partial charge < -0.3 is 5.73 Å². The maximum atomic E-state index is 5.63. The van der Waals surface area contributed by atoms with Crippen molar-refractivity contribution in [3.63, 3.8) is 0 Å². The number of thiophene rings is 1. The molecule has 2 rings (SSSR count). The zero-order valence-electron chi connectivity index (χ0n) is 9.98. The molecule has 0 spiro atoms. The van der Waals surface area contributed by atoms with Crippen molar-refractivity contribution < 1.29 is 0 Å². The smallest absolute Gasteiger partial charge is 0.0328 e. The Bertz CT molecular complexity index is 328. The molecule has 0 amide bonds. The zero-order chi connectivity index (χ0) is 11.5. The maximum absolute atomic E-state index is 5.63. The van der Waals surface area contributed by atoms with Crippen LogP contribution in [0.15, 0.2) is 12.1 Å². The highest BCUT2D eigenvalue weighted by molar-refractivity contribution is 8.00. The van der Waals surface area contributed by atoms with Crippen LogP contribution in [0.25, 0.3) is 0 Å². The first-order valence-corrected chi connectivity index (χ1v) is 7.58. The monoisotopic (exact) mass is 256 g/mol. The highest BCUT2D eigenvalue weighted by Gasteiger charge is 2.22. The number of thioether (sulfide) groups is 1. The van der Waals surface area contributed by atoms with Crippen molar-refractivity contribution in [2.45, 2.75) is 37.4 Å². The summed E-state index contributed by atoms with van der Waals surface area (Å²) in [4.78, 5) is 5.31. The summed E-state index contributed by atoms with van der Waals surface area (Å²) in [5.41, 5.74) is 5.63. The van der Waals surface area contributed by atoms with E-state index in [0.717, 1.165) is 17.0 Å². The van der Waals surface area contributed by atoms with Crippen LogP contribution >= 0.6 is 23.1 Å². The van der Waals surface area contributed by atoms with E-state index in [4.69, 9.17) is 5.73 Å². The molecule has 1 aliphatic rings. The van der Waals surface area contributed by atoms with Gasteiger partial charge in [0.1, 0.15) is 0 Å². The van der Waals surface area contributed by atoms with Crippen LogP contribution in [0.2, 0.25) is 0 Å². The fourth-order valence-electron chi connectivity index (χ4n) is 2.25. The molecule has 2 N–H and O–H groups in total. The third-order valence-corrected chi connectivity index (χ3v) is 5.11. The average Bonchev–Trinajstić information content (AvgIpc) is 2.64. The number of nitrogens with zero attached hydrogens (tertiary/aromatic N) is 1. The fourth-order valence-corrected chi connectivity index (χ4v) is 4.58. The van der Waals surface area contributed by atoms with E-state index in [1.165, 1.54) is 22.8 Å². The van der Waals surface area contributed by atoms with Crippen molar-refractivity contribution in [1.82, 2.24) is 4.90 Å². The summed E-state index contributed by atoms with van der Waals surface area (Å²) in [6.45, 7) is 8.85. The van der Waals surface area contributed by atoms with Gasteiger partial charge in [-0.05, 0) is 12.1 Å². The van der Waals surface area contributed by atoms with Crippen LogP contribution in [0.4, 0.5) is 0 Å². The summed E-state index contributed by atoms with van der Waals surface area (Å²) in [5.74, 6) is 0. The van der Waals surface area contributed by atoms with Gasteiger partial charge in [-0.2, -0.15) is 11.8 Å². The minimum absolute atomic E-state index is 0.674. The van der Waals surface area contributed by atoms with Crippen LogP contribution in [-0.4, -0.2) is 28.5 Å². The summed E-state index contributed by atoms with van der Waals surface area (Å²) in [6, 6.07) is 4.38. The summed E-state index contributed by atoms with van der Waals surface area (Å²) in [7, 11) is 0. The zero-order valence-corrected chi connectivity index (χ0v) is 11.6. The first-order chi connectivity index (χ1) is 7.67. The highest BCUT2D eigenvalue weighted by atomic mass is 32.2. The topological polar surface area (TPSA) is 29.3 Å². The van der Waals surface area contributed by atoms with Gasteiger partial charge in [-0.15, -0.1) is 11.3 Å². The molecule has 1 aliphatic heterocycles. The SMILES string of the molecule is CC1CN(Cc2ccc(CN)s2)CC(C)S1. The van der Waals surface area contributed by atoms with Gasteiger partial charge in [0.2, 0.25) is 0 Å². The molecular weight excluding hydrogens is 236 g/mol. The third-order valence-electron chi connectivity index (χ3n) is 2.79. The van der Waals surface area contributed by atoms with Crippen molar-refractivity contribution in [2.24, 2.45) is 5.73 Å². The lowest BCUT2D eigenvalue weighted by atomic mass is 10.3. The summed E-state index contributed by atoms with van der Waals surface area (Å²) in [5, 5.41) is 1.52. The molecule has 4 heteroatoms. The van der Waals surface area contributed by atoms with Gasteiger partial charge in [0.05, 0.1) is 0 Å². The van der Waals surface area contributed by atoms with Crippen LogP contribution in [-0.2, 0) is 13.1 Å². The molecule has 0 saturated carbocycles. The van der Waals surface area contributed by atoms with Crippen LogP contribution in [0.5, 0.6) is 0 Å². The second-order valence-electron chi connectivity index (χ2n) is 4.52. The number of nitrogens with two attached hydrogens (primary N) is 1. The average molecular weight is 256 g/mol. The van der Waals surface area contributed by atoms with Gasteiger partial charge in [-0.25, -0.2) is 0 Å². The van der Waals surface area contributed by atoms with Crippen LogP contribution in [0.3, 0.4) is 0 Å². The first kappa shape index (κ1) is 12.4. The maximum Gasteiger partial charge on any atom is 0.0328 e. The quantitative estimate of drug-likeness (QED) is 0.901. The number of hydrogen-bond acceptors (Lipinski definition) is 4. The third kappa shape index (κ3) is 3.23. The minimum Gasteiger partial charge on any atom is -0.326 e. The van der Waals surface area contributed by atoms with Crippen LogP contribution in [0, 0.1) is 0 Å². The summed E-state index contributed by atoms with van der Waals surface area (Å²) >= 11 is 3.96. The van der Waals surface area contributed by atoms with Crippen molar-refractivity contribution in [1.29, 1.82) is 0 Å². The molecule has 1 aromatic rings. The van der Waals surface area contributed by atoms with Crippen molar-refractivity contribution in [2.75, 3.05) is 13.1 Å². The second kappa shape index (κ2) is 5.54. The second-order valence-corrected chi connectivity index (χ2v) is 7.66. The summed E-state index contributed by atoms with van der Waals surface area (Å²) < 4.78 is 0.